The quantitative estimate of drug-likeness (QED) is 0.889. The highest BCUT2D eigenvalue weighted by atomic mass is 16.3. The number of likely N-dealkylation sites (N-methyl/N-ethyl adjacent to an activating group) is 1. The molecule has 1 heterocycles. The van der Waals surface area contributed by atoms with Gasteiger partial charge in [-0.15, -0.1) is 0 Å². The SMILES string of the molecule is Cc1ccc(CC(=O)N2C[C@@H](CO)[C@H](N(C)C)C2)cc1. The van der Waals surface area contributed by atoms with Gasteiger partial charge in [0, 0.05) is 31.7 Å². The van der Waals surface area contributed by atoms with E-state index in [0.29, 0.717) is 19.5 Å². The fourth-order valence-electron chi connectivity index (χ4n) is 2.81. The summed E-state index contributed by atoms with van der Waals surface area (Å²) in [4.78, 5) is 16.3. The molecule has 4 heteroatoms. The van der Waals surface area contributed by atoms with Crippen molar-refractivity contribution in [2.75, 3.05) is 33.8 Å². The summed E-state index contributed by atoms with van der Waals surface area (Å²) in [5.74, 6) is 0.309. The second-order valence-corrected chi connectivity index (χ2v) is 5.93. The third-order valence-corrected chi connectivity index (χ3v) is 4.13. The Balaban J connectivity index is 1.98. The summed E-state index contributed by atoms with van der Waals surface area (Å²) in [6, 6.07) is 8.34. The van der Waals surface area contributed by atoms with Crippen molar-refractivity contribution in [3.8, 4) is 0 Å². The van der Waals surface area contributed by atoms with Crippen LogP contribution in [0.15, 0.2) is 24.3 Å². The summed E-state index contributed by atoms with van der Waals surface area (Å²) in [7, 11) is 4.00. The van der Waals surface area contributed by atoms with E-state index < -0.39 is 0 Å². The number of hydrogen-bond acceptors (Lipinski definition) is 3. The zero-order valence-corrected chi connectivity index (χ0v) is 12.5. The number of benzene rings is 1. The predicted molar refractivity (Wildman–Crippen MR) is 79.5 cm³/mol. The highest BCUT2D eigenvalue weighted by molar-refractivity contribution is 5.79. The van der Waals surface area contributed by atoms with Crippen LogP contribution in [-0.4, -0.2) is 60.6 Å². The number of aryl methyl sites for hydroxylation is 1. The third-order valence-electron chi connectivity index (χ3n) is 4.13. The van der Waals surface area contributed by atoms with E-state index in [1.807, 2.05) is 50.2 Å². The lowest BCUT2D eigenvalue weighted by atomic mass is 10.0. The van der Waals surface area contributed by atoms with Crippen LogP contribution in [0.5, 0.6) is 0 Å². The monoisotopic (exact) mass is 276 g/mol. The van der Waals surface area contributed by atoms with Crippen molar-refractivity contribution in [3.05, 3.63) is 35.4 Å². The van der Waals surface area contributed by atoms with Crippen LogP contribution in [0.3, 0.4) is 0 Å². The zero-order valence-electron chi connectivity index (χ0n) is 12.5. The second kappa shape index (κ2) is 6.37. The minimum Gasteiger partial charge on any atom is -0.396 e. The molecule has 0 unspecified atom stereocenters. The minimum atomic E-state index is 0.136. The fraction of sp³-hybridized carbons (Fsp3) is 0.562. The first kappa shape index (κ1) is 15.0. The molecule has 1 fully saturated rings. The molecule has 1 aliphatic heterocycles. The van der Waals surface area contributed by atoms with Crippen molar-refractivity contribution in [3.63, 3.8) is 0 Å². The molecule has 110 valence electrons. The Morgan fingerprint density at radius 1 is 1.30 bits per heavy atom. The predicted octanol–water partition coefficient (Wildman–Crippen LogP) is 0.918. The largest absolute Gasteiger partial charge is 0.396 e. The van der Waals surface area contributed by atoms with Gasteiger partial charge in [-0.1, -0.05) is 29.8 Å². The highest BCUT2D eigenvalue weighted by Crippen LogP contribution is 2.21. The molecular weight excluding hydrogens is 252 g/mol. The number of rotatable bonds is 4. The Kier molecular flexibility index (Phi) is 4.78. The standard InChI is InChI=1S/C16H24N2O2/c1-12-4-6-13(7-5-12)8-16(20)18-9-14(11-19)15(10-18)17(2)3/h4-7,14-15,19H,8-11H2,1-3H3/t14-,15+/m0/s1. The summed E-state index contributed by atoms with van der Waals surface area (Å²) in [5, 5.41) is 9.44. The first-order valence-corrected chi connectivity index (χ1v) is 7.12. The number of aliphatic hydroxyl groups is 1. The number of carbonyl (C=O) groups is 1. The van der Waals surface area contributed by atoms with Gasteiger partial charge in [-0.05, 0) is 26.6 Å². The topological polar surface area (TPSA) is 43.8 Å². The third kappa shape index (κ3) is 3.38. The van der Waals surface area contributed by atoms with Crippen molar-refractivity contribution in [2.24, 2.45) is 5.92 Å². The van der Waals surface area contributed by atoms with E-state index >= 15 is 0 Å². The molecular formula is C16H24N2O2. The summed E-state index contributed by atoms with van der Waals surface area (Å²) < 4.78 is 0. The normalized spacial score (nSPS) is 22.6. The van der Waals surface area contributed by atoms with Crippen molar-refractivity contribution < 1.29 is 9.90 Å². The van der Waals surface area contributed by atoms with Crippen LogP contribution in [0.25, 0.3) is 0 Å². The van der Waals surface area contributed by atoms with E-state index in [1.165, 1.54) is 5.56 Å². The second-order valence-electron chi connectivity index (χ2n) is 5.93. The number of carbonyl (C=O) groups excluding carboxylic acids is 1. The van der Waals surface area contributed by atoms with E-state index in [1.54, 1.807) is 0 Å². The molecule has 1 aromatic rings. The van der Waals surface area contributed by atoms with Gasteiger partial charge in [0.15, 0.2) is 0 Å². The summed E-state index contributed by atoms with van der Waals surface area (Å²) in [6.45, 7) is 3.55. The average molecular weight is 276 g/mol. The zero-order chi connectivity index (χ0) is 14.7. The molecule has 1 amide bonds. The van der Waals surface area contributed by atoms with Gasteiger partial charge in [-0.3, -0.25) is 4.79 Å². The van der Waals surface area contributed by atoms with Gasteiger partial charge in [0.25, 0.3) is 0 Å². The van der Waals surface area contributed by atoms with E-state index in [2.05, 4.69) is 4.90 Å². The molecule has 1 aromatic carbocycles. The molecule has 1 N–H and O–H groups in total. The first-order chi connectivity index (χ1) is 9.51. The van der Waals surface area contributed by atoms with E-state index in [9.17, 15) is 9.90 Å². The molecule has 0 radical (unpaired) electrons. The maximum absolute atomic E-state index is 12.4. The Hall–Kier alpha value is -1.39. The van der Waals surface area contributed by atoms with Gasteiger partial charge in [-0.25, -0.2) is 0 Å². The summed E-state index contributed by atoms with van der Waals surface area (Å²) >= 11 is 0. The Morgan fingerprint density at radius 2 is 1.95 bits per heavy atom. The van der Waals surface area contributed by atoms with E-state index in [0.717, 1.165) is 5.56 Å². The van der Waals surface area contributed by atoms with Gasteiger partial charge < -0.3 is 14.9 Å². The van der Waals surface area contributed by atoms with E-state index in [4.69, 9.17) is 0 Å². The minimum absolute atomic E-state index is 0.136. The van der Waals surface area contributed by atoms with Crippen molar-refractivity contribution in [1.82, 2.24) is 9.80 Å². The van der Waals surface area contributed by atoms with Gasteiger partial charge in [-0.2, -0.15) is 0 Å². The van der Waals surface area contributed by atoms with Gasteiger partial charge in [0.1, 0.15) is 0 Å². The molecule has 0 spiro atoms. The van der Waals surface area contributed by atoms with Crippen LogP contribution in [0.1, 0.15) is 11.1 Å². The Morgan fingerprint density at radius 3 is 2.45 bits per heavy atom. The van der Waals surface area contributed by atoms with Crippen LogP contribution in [0.2, 0.25) is 0 Å². The number of amides is 1. The van der Waals surface area contributed by atoms with Crippen LogP contribution < -0.4 is 0 Å². The average Bonchev–Trinajstić information content (AvgIpc) is 2.86. The first-order valence-electron chi connectivity index (χ1n) is 7.12. The van der Waals surface area contributed by atoms with Crippen LogP contribution >= 0.6 is 0 Å². The number of likely N-dealkylation sites (tertiary alicyclic amines) is 1. The molecule has 0 bridgehead atoms. The van der Waals surface area contributed by atoms with Crippen LogP contribution in [0, 0.1) is 12.8 Å². The lowest BCUT2D eigenvalue weighted by molar-refractivity contribution is -0.129. The summed E-state index contributed by atoms with van der Waals surface area (Å²) in [5.41, 5.74) is 2.25. The maximum Gasteiger partial charge on any atom is 0.227 e. The van der Waals surface area contributed by atoms with Crippen molar-refractivity contribution >= 4 is 5.91 Å². The molecule has 0 aromatic heterocycles. The molecule has 2 rings (SSSR count). The number of hydrogen-bond donors (Lipinski definition) is 1. The molecule has 4 nitrogen and oxygen atoms in total. The number of aliphatic hydroxyl groups excluding tert-OH is 1. The maximum atomic E-state index is 12.4. The van der Waals surface area contributed by atoms with Gasteiger partial charge >= 0.3 is 0 Å². The lowest BCUT2D eigenvalue weighted by Crippen LogP contribution is -2.37. The summed E-state index contributed by atoms with van der Waals surface area (Å²) in [6.07, 6.45) is 0.443. The molecule has 0 aliphatic carbocycles. The Labute approximate surface area is 121 Å². The van der Waals surface area contributed by atoms with Gasteiger partial charge in [0.05, 0.1) is 6.42 Å². The fourth-order valence-corrected chi connectivity index (χ4v) is 2.81. The highest BCUT2D eigenvalue weighted by Gasteiger charge is 2.35. The van der Waals surface area contributed by atoms with Crippen LogP contribution in [0.4, 0.5) is 0 Å². The smallest absolute Gasteiger partial charge is 0.227 e. The lowest BCUT2D eigenvalue weighted by Gasteiger charge is -2.23. The number of nitrogens with zero attached hydrogens (tertiary/aromatic N) is 2. The van der Waals surface area contributed by atoms with Crippen molar-refractivity contribution in [2.45, 2.75) is 19.4 Å². The molecule has 1 aliphatic rings. The molecule has 2 atom stereocenters. The molecule has 1 saturated heterocycles. The van der Waals surface area contributed by atoms with Gasteiger partial charge in [0.2, 0.25) is 5.91 Å². The van der Waals surface area contributed by atoms with E-state index in [-0.39, 0.29) is 24.5 Å². The molecule has 20 heavy (non-hydrogen) atoms. The molecule has 0 saturated carbocycles. The van der Waals surface area contributed by atoms with Crippen LogP contribution in [-0.2, 0) is 11.2 Å². The Bertz CT molecular complexity index is 456. The van der Waals surface area contributed by atoms with Crippen molar-refractivity contribution in [1.29, 1.82) is 0 Å².